The van der Waals surface area contributed by atoms with Crippen LogP contribution in [-0.2, 0) is 4.74 Å². The van der Waals surface area contributed by atoms with Crippen molar-refractivity contribution in [1.82, 2.24) is 9.88 Å². The number of nitro benzene ring substituents is 1. The highest BCUT2D eigenvalue weighted by molar-refractivity contribution is 8.01. The molecule has 1 aliphatic rings. The standard InChI is InChI=1S/C17H21N3O4S2/c1-17(2,3)24-16(21)19-8-4-5-12(10-19)25-15-18-13-9-11(20(22)23)6-7-14(13)26-15/h6-7,9,12H,4-5,8,10H2,1-3H3. The molecule has 1 fully saturated rings. The van der Waals surface area contributed by atoms with Crippen LogP contribution in [0.1, 0.15) is 33.6 Å². The van der Waals surface area contributed by atoms with Crippen molar-refractivity contribution >= 4 is 45.1 Å². The van der Waals surface area contributed by atoms with Gasteiger partial charge in [0.1, 0.15) is 5.60 Å². The van der Waals surface area contributed by atoms with Crippen LogP contribution in [-0.4, -0.2) is 44.8 Å². The predicted octanol–water partition coefficient (Wildman–Crippen LogP) is 4.70. The molecule has 0 bridgehead atoms. The van der Waals surface area contributed by atoms with Crippen LogP contribution in [0.25, 0.3) is 10.2 Å². The molecular weight excluding hydrogens is 374 g/mol. The number of thiazole rings is 1. The van der Waals surface area contributed by atoms with Gasteiger partial charge in [-0.15, -0.1) is 11.3 Å². The van der Waals surface area contributed by atoms with Gasteiger partial charge in [0, 0.05) is 30.5 Å². The molecule has 1 saturated heterocycles. The molecule has 1 unspecified atom stereocenters. The van der Waals surface area contributed by atoms with Crippen molar-refractivity contribution in [3.05, 3.63) is 28.3 Å². The first-order valence-electron chi connectivity index (χ1n) is 8.41. The van der Waals surface area contributed by atoms with Gasteiger partial charge in [0.25, 0.3) is 5.69 Å². The number of fused-ring (bicyclic) bond motifs is 1. The monoisotopic (exact) mass is 395 g/mol. The number of non-ortho nitro benzene ring substituents is 1. The van der Waals surface area contributed by atoms with E-state index >= 15 is 0 Å². The summed E-state index contributed by atoms with van der Waals surface area (Å²) in [6, 6.07) is 4.74. The Kier molecular flexibility index (Phi) is 5.38. The van der Waals surface area contributed by atoms with Crippen LogP contribution in [0, 0.1) is 10.1 Å². The first-order chi connectivity index (χ1) is 12.2. The summed E-state index contributed by atoms with van der Waals surface area (Å²) in [5.74, 6) is 0. The third-order valence-corrected chi connectivity index (χ3v) is 6.24. The van der Waals surface area contributed by atoms with Gasteiger partial charge in [0.2, 0.25) is 0 Å². The van der Waals surface area contributed by atoms with Crippen LogP contribution in [0.3, 0.4) is 0 Å². The number of aromatic nitrogens is 1. The van der Waals surface area contributed by atoms with Gasteiger partial charge in [0.05, 0.1) is 15.1 Å². The zero-order valence-corrected chi connectivity index (χ0v) is 16.6. The lowest BCUT2D eigenvalue weighted by Gasteiger charge is -2.33. The molecule has 0 aliphatic carbocycles. The first kappa shape index (κ1) is 18.9. The van der Waals surface area contributed by atoms with Gasteiger partial charge in [-0.25, -0.2) is 9.78 Å². The number of hydrogen-bond acceptors (Lipinski definition) is 7. The zero-order valence-electron chi connectivity index (χ0n) is 14.9. The van der Waals surface area contributed by atoms with E-state index in [0.29, 0.717) is 18.6 Å². The zero-order chi connectivity index (χ0) is 18.9. The molecule has 1 aromatic carbocycles. The van der Waals surface area contributed by atoms with E-state index in [0.717, 1.165) is 21.9 Å². The molecule has 26 heavy (non-hydrogen) atoms. The van der Waals surface area contributed by atoms with Gasteiger partial charge in [-0.1, -0.05) is 11.8 Å². The highest BCUT2D eigenvalue weighted by Gasteiger charge is 2.28. The summed E-state index contributed by atoms with van der Waals surface area (Å²) in [5, 5.41) is 11.1. The number of amides is 1. The van der Waals surface area contributed by atoms with Crippen molar-refractivity contribution in [3.63, 3.8) is 0 Å². The van der Waals surface area contributed by atoms with Crippen molar-refractivity contribution in [2.24, 2.45) is 0 Å². The maximum atomic E-state index is 12.3. The van der Waals surface area contributed by atoms with Gasteiger partial charge in [-0.3, -0.25) is 10.1 Å². The molecule has 1 aromatic heterocycles. The average Bonchev–Trinajstić information content (AvgIpc) is 2.94. The third-order valence-electron chi connectivity index (χ3n) is 3.86. The molecule has 7 nitrogen and oxygen atoms in total. The van der Waals surface area contributed by atoms with Gasteiger partial charge in [-0.05, 0) is 39.7 Å². The minimum Gasteiger partial charge on any atom is -0.444 e. The van der Waals surface area contributed by atoms with Gasteiger partial charge in [-0.2, -0.15) is 0 Å². The molecule has 0 radical (unpaired) electrons. The molecule has 2 heterocycles. The Balaban J connectivity index is 1.67. The Labute approximate surface area is 159 Å². The average molecular weight is 396 g/mol. The lowest BCUT2D eigenvalue weighted by Crippen LogP contribution is -2.43. The number of ether oxygens (including phenoxy) is 1. The topological polar surface area (TPSA) is 85.6 Å². The van der Waals surface area contributed by atoms with Crippen molar-refractivity contribution in [2.45, 2.75) is 48.8 Å². The second kappa shape index (κ2) is 7.40. The first-order valence-corrected chi connectivity index (χ1v) is 10.1. The molecule has 1 amide bonds. The maximum Gasteiger partial charge on any atom is 0.410 e. The second-order valence-electron chi connectivity index (χ2n) is 7.20. The lowest BCUT2D eigenvalue weighted by atomic mass is 10.1. The molecule has 9 heteroatoms. The predicted molar refractivity (Wildman–Crippen MR) is 103 cm³/mol. The fourth-order valence-corrected chi connectivity index (χ4v) is 5.25. The second-order valence-corrected chi connectivity index (χ2v) is 9.78. The summed E-state index contributed by atoms with van der Waals surface area (Å²) in [6.45, 7) is 6.91. The molecule has 1 atom stereocenters. The molecule has 3 rings (SSSR count). The molecule has 0 N–H and O–H groups in total. The third kappa shape index (κ3) is 4.64. The van der Waals surface area contributed by atoms with Gasteiger partial charge >= 0.3 is 6.09 Å². The SMILES string of the molecule is CC(C)(C)OC(=O)N1CCCC(Sc2nc3cc([N+](=O)[O-])ccc3s2)C1. The number of nitro groups is 1. The smallest absolute Gasteiger partial charge is 0.410 e. The van der Waals surface area contributed by atoms with Crippen LogP contribution in [0.5, 0.6) is 0 Å². The summed E-state index contributed by atoms with van der Waals surface area (Å²) < 4.78 is 7.26. The maximum absolute atomic E-state index is 12.3. The fraction of sp³-hybridized carbons (Fsp3) is 0.529. The molecule has 2 aromatic rings. The normalized spacial score (nSPS) is 18.1. The summed E-state index contributed by atoms with van der Waals surface area (Å²) in [5.41, 5.74) is 0.193. The van der Waals surface area contributed by atoms with E-state index in [9.17, 15) is 14.9 Å². The van der Waals surface area contributed by atoms with Crippen molar-refractivity contribution in [2.75, 3.05) is 13.1 Å². The van der Waals surface area contributed by atoms with E-state index in [-0.39, 0.29) is 17.0 Å². The number of piperidine rings is 1. The number of carbonyl (C=O) groups is 1. The molecular formula is C17H21N3O4S2. The minimum absolute atomic E-state index is 0.0492. The van der Waals surface area contributed by atoms with Gasteiger partial charge < -0.3 is 9.64 Å². The summed E-state index contributed by atoms with van der Waals surface area (Å²) in [4.78, 5) is 29.0. The van der Waals surface area contributed by atoms with Crippen LogP contribution >= 0.6 is 23.1 Å². The largest absolute Gasteiger partial charge is 0.444 e. The van der Waals surface area contributed by atoms with E-state index in [4.69, 9.17) is 4.74 Å². The highest BCUT2D eigenvalue weighted by Crippen LogP contribution is 2.36. The number of hydrogen-bond donors (Lipinski definition) is 0. The van der Waals surface area contributed by atoms with Crippen LogP contribution in [0.2, 0.25) is 0 Å². The van der Waals surface area contributed by atoms with Crippen LogP contribution < -0.4 is 0 Å². The number of benzene rings is 1. The molecule has 140 valence electrons. The number of rotatable bonds is 3. The number of thioether (sulfide) groups is 1. The van der Waals surface area contributed by atoms with E-state index in [1.165, 1.54) is 23.5 Å². The van der Waals surface area contributed by atoms with Crippen LogP contribution in [0.15, 0.2) is 22.5 Å². The van der Waals surface area contributed by atoms with Gasteiger partial charge in [0.15, 0.2) is 4.34 Å². The molecule has 0 spiro atoms. The number of carbonyl (C=O) groups excluding carboxylic acids is 1. The Morgan fingerprint density at radius 1 is 1.46 bits per heavy atom. The van der Waals surface area contributed by atoms with Crippen LogP contribution in [0.4, 0.5) is 10.5 Å². The fourth-order valence-electron chi connectivity index (χ4n) is 2.73. The summed E-state index contributed by atoms with van der Waals surface area (Å²) in [7, 11) is 0. The van der Waals surface area contributed by atoms with E-state index in [1.54, 1.807) is 22.7 Å². The van der Waals surface area contributed by atoms with E-state index < -0.39 is 10.5 Å². The lowest BCUT2D eigenvalue weighted by molar-refractivity contribution is -0.384. The summed E-state index contributed by atoms with van der Waals surface area (Å²) >= 11 is 3.16. The van der Waals surface area contributed by atoms with Crippen molar-refractivity contribution < 1.29 is 14.5 Å². The van der Waals surface area contributed by atoms with Crippen molar-refractivity contribution in [3.8, 4) is 0 Å². The Bertz CT molecular complexity index is 831. The van der Waals surface area contributed by atoms with E-state index in [1.807, 2.05) is 20.8 Å². The Morgan fingerprint density at radius 3 is 2.92 bits per heavy atom. The van der Waals surface area contributed by atoms with Crippen molar-refractivity contribution in [1.29, 1.82) is 0 Å². The van der Waals surface area contributed by atoms with E-state index in [2.05, 4.69) is 4.98 Å². The minimum atomic E-state index is -0.501. The number of nitrogens with zero attached hydrogens (tertiary/aromatic N) is 3. The highest BCUT2D eigenvalue weighted by atomic mass is 32.2. The Morgan fingerprint density at radius 2 is 2.23 bits per heavy atom. The quantitative estimate of drug-likeness (QED) is 0.553. The Hall–Kier alpha value is -1.87. The summed E-state index contributed by atoms with van der Waals surface area (Å²) in [6.07, 6.45) is 1.65. The molecule has 1 aliphatic heterocycles. The number of likely N-dealkylation sites (tertiary alicyclic amines) is 1. The molecule has 0 saturated carbocycles.